The van der Waals surface area contributed by atoms with E-state index >= 15 is 0 Å². The number of benzene rings is 2. The van der Waals surface area contributed by atoms with Crippen molar-refractivity contribution in [3.63, 3.8) is 0 Å². The third-order valence-corrected chi connectivity index (χ3v) is 10.4. The SMILES string of the molecule is COC(=O)N[C@H](C(=O)N1CCC[C@H]1c1ncc(-c2ccc(C#Cc3ccc(-c4cnc([C@@H]5CNCCN5C(=O)[C@@H](NC(=O)OC)C(C)C)[nH]4)cc3)cc2)[nH]1)C(C)C. The van der Waals surface area contributed by atoms with Crippen molar-refractivity contribution in [3.05, 3.63) is 83.7 Å². The summed E-state index contributed by atoms with van der Waals surface area (Å²) in [5.41, 5.74) is 5.23. The Morgan fingerprint density at radius 2 is 1.16 bits per heavy atom. The Kier molecular flexibility index (Phi) is 12.9. The number of alkyl carbamates (subject to hydrolysis) is 2. The third kappa shape index (κ3) is 9.46. The van der Waals surface area contributed by atoms with Gasteiger partial charge in [-0.25, -0.2) is 19.6 Å². The molecule has 0 saturated carbocycles. The number of imidazole rings is 2. The first kappa shape index (κ1) is 40.5. The van der Waals surface area contributed by atoms with Crippen LogP contribution in [0.3, 0.4) is 0 Å². The molecular weight excluding hydrogens is 727 g/mol. The van der Waals surface area contributed by atoms with Gasteiger partial charge in [-0.3, -0.25) is 9.59 Å². The van der Waals surface area contributed by atoms with Gasteiger partial charge in [-0.2, -0.15) is 0 Å². The standard InChI is InChI=1S/C42H51N9O6/c1-25(2)35(48-41(54)56-5)39(52)50-20-7-8-33(50)37-44-22-31(46-37)29-15-11-27(12-16-29)9-10-28-13-17-30(18-14-28)32-23-45-38(47-32)34-24-43-19-21-51(34)40(53)36(26(3)4)49-42(55)57-6/h11-18,22-23,25-26,33-36,43H,7-8,19-21,24H2,1-6H3,(H,44,46)(H,45,47)(H,48,54)(H,49,55)/t33-,34-,35-,36-/m0/s1. The Morgan fingerprint density at radius 1 is 0.702 bits per heavy atom. The molecule has 4 heterocycles. The number of piperazine rings is 1. The predicted molar refractivity (Wildman–Crippen MR) is 213 cm³/mol. The van der Waals surface area contributed by atoms with E-state index < -0.39 is 24.3 Å². The maximum atomic E-state index is 13.6. The molecule has 57 heavy (non-hydrogen) atoms. The van der Waals surface area contributed by atoms with Crippen molar-refractivity contribution >= 4 is 24.0 Å². The van der Waals surface area contributed by atoms with Crippen LogP contribution in [0.1, 0.15) is 75.4 Å². The average molecular weight is 778 g/mol. The molecule has 4 aromatic rings. The molecule has 2 aliphatic heterocycles. The second-order valence-corrected chi connectivity index (χ2v) is 14.9. The van der Waals surface area contributed by atoms with E-state index in [9.17, 15) is 19.2 Å². The monoisotopic (exact) mass is 777 g/mol. The van der Waals surface area contributed by atoms with Crippen LogP contribution in [0.25, 0.3) is 22.5 Å². The summed E-state index contributed by atoms with van der Waals surface area (Å²) in [6.07, 6.45) is 3.89. The van der Waals surface area contributed by atoms with Crippen molar-refractivity contribution in [2.75, 3.05) is 40.4 Å². The maximum Gasteiger partial charge on any atom is 0.407 e. The van der Waals surface area contributed by atoms with Gasteiger partial charge in [0.05, 0.1) is 44.0 Å². The first-order valence-corrected chi connectivity index (χ1v) is 19.3. The van der Waals surface area contributed by atoms with Gasteiger partial charge in [0, 0.05) is 37.3 Å². The highest BCUT2D eigenvalue weighted by Gasteiger charge is 2.38. The molecular formula is C42H51N9O6. The summed E-state index contributed by atoms with van der Waals surface area (Å²) in [6, 6.07) is 13.8. The zero-order valence-electron chi connectivity index (χ0n) is 33.2. The summed E-state index contributed by atoms with van der Waals surface area (Å²) in [7, 11) is 2.57. The van der Waals surface area contributed by atoms with E-state index in [1.54, 1.807) is 22.2 Å². The number of hydrogen-bond acceptors (Lipinski definition) is 9. The molecule has 2 fully saturated rings. The van der Waals surface area contributed by atoms with E-state index in [1.165, 1.54) is 14.2 Å². The molecule has 4 atom stereocenters. The fourth-order valence-corrected chi connectivity index (χ4v) is 7.20. The van der Waals surface area contributed by atoms with E-state index in [4.69, 9.17) is 9.47 Å². The number of methoxy groups -OCH3 is 2. The van der Waals surface area contributed by atoms with Crippen LogP contribution < -0.4 is 16.0 Å². The highest BCUT2D eigenvalue weighted by Crippen LogP contribution is 2.33. The van der Waals surface area contributed by atoms with Crippen LogP contribution >= 0.6 is 0 Å². The van der Waals surface area contributed by atoms with Crippen LogP contribution in [0.2, 0.25) is 0 Å². The fourth-order valence-electron chi connectivity index (χ4n) is 7.20. The molecule has 2 aromatic carbocycles. The quantitative estimate of drug-likeness (QED) is 0.142. The third-order valence-electron chi connectivity index (χ3n) is 10.4. The molecule has 2 saturated heterocycles. The predicted octanol–water partition coefficient (Wildman–Crippen LogP) is 4.76. The van der Waals surface area contributed by atoms with E-state index in [1.807, 2.05) is 76.2 Å². The Hall–Kier alpha value is -6.14. The number of rotatable bonds is 10. The van der Waals surface area contributed by atoms with Crippen molar-refractivity contribution in [2.45, 2.75) is 64.7 Å². The van der Waals surface area contributed by atoms with Gasteiger partial charge in [-0.15, -0.1) is 0 Å². The van der Waals surface area contributed by atoms with Crippen molar-refractivity contribution in [2.24, 2.45) is 11.8 Å². The minimum atomic E-state index is -0.722. The normalized spacial score (nSPS) is 17.8. The number of aromatic amines is 2. The van der Waals surface area contributed by atoms with E-state index in [0.29, 0.717) is 37.8 Å². The molecule has 5 N–H and O–H groups in total. The number of H-pyrrole nitrogens is 2. The molecule has 0 unspecified atom stereocenters. The minimum absolute atomic E-state index is 0.108. The first-order valence-electron chi connectivity index (χ1n) is 19.3. The Morgan fingerprint density at radius 3 is 1.61 bits per heavy atom. The van der Waals surface area contributed by atoms with Gasteiger partial charge in [0.25, 0.3) is 0 Å². The lowest BCUT2D eigenvalue weighted by Gasteiger charge is -2.38. The lowest BCUT2D eigenvalue weighted by molar-refractivity contribution is -0.138. The summed E-state index contributed by atoms with van der Waals surface area (Å²) >= 11 is 0. The smallest absolute Gasteiger partial charge is 0.407 e. The van der Waals surface area contributed by atoms with Crippen LogP contribution in [0, 0.1) is 23.7 Å². The van der Waals surface area contributed by atoms with Crippen LogP contribution in [-0.4, -0.2) is 106 Å². The number of nitrogens with zero attached hydrogens (tertiary/aromatic N) is 4. The summed E-state index contributed by atoms with van der Waals surface area (Å²) in [5, 5.41) is 8.72. The fraction of sp³-hybridized carbons (Fsp3) is 0.429. The average Bonchev–Trinajstić information content (AvgIpc) is 4.03. The largest absolute Gasteiger partial charge is 0.453 e. The van der Waals surface area contributed by atoms with Crippen LogP contribution in [0.4, 0.5) is 9.59 Å². The lowest BCUT2D eigenvalue weighted by Crippen LogP contribution is -2.57. The van der Waals surface area contributed by atoms with Gasteiger partial charge < -0.3 is 45.2 Å². The van der Waals surface area contributed by atoms with E-state index in [0.717, 1.165) is 46.5 Å². The number of carbonyl (C=O) groups is 4. The molecule has 15 heteroatoms. The molecule has 4 amide bonds. The summed E-state index contributed by atoms with van der Waals surface area (Å²) in [5.74, 6) is 7.29. The molecule has 300 valence electrons. The van der Waals surface area contributed by atoms with E-state index in [2.05, 4.69) is 47.7 Å². The topological polar surface area (TPSA) is 187 Å². The second kappa shape index (κ2) is 18.2. The molecule has 0 radical (unpaired) electrons. The molecule has 2 aromatic heterocycles. The van der Waals surface area contributed by atoms with Gasteiger partial charge in [-0.05, 0) is 60.1 Å². The molecule has 0 spiro atoms. The van der Waals surface area contributed by atoms with Gasteiger partial charge in [0.2, 0.25) is 11.8 Å². The molecule has 0 aliphatic carbocycles. The minimum Gasteiger partial charge on any atom is -0.453 e. The number of ether oxygens (including phenoxy) is 2. The number of aromatic nitrogens is 4. The summed E-state index contributed by atoms with van der Waals surface area (Å²) in [4.78, 5) is 70.7. The molecule has 15 nitrogen and oxygen atoms in total. The van der Waals surface area contributed by atoms with Gasteiger partial charge in [0.1, 0.15) is 29.8 Å². The van der Waals surface area contributed by atoms with Crippen molar-refractivity contribution in [1.29, 1.82) is 0 Å². The number of amides is 4. The zero-order valence-corrected chi connectivity index (χ0v) is 33.2. The Balaban J connectivity index is 1.08. The maximum absolute atomic E-state index is 13.6. The molecule has 6 rings (SSSR count). The second-order valence-electron chi connectivity index (χ2n) is 14.9. The number of carbonyl (C=O) groups excluding carboxylic acids is 4. The Bertz CT molecular complexity index is 2100. The van der Waals surface area contributed by atoms with Crippen molar-refractivity contribution < 1.29 is 28.7 Å². The van der Waals surface area contributed by atoms with Crippen molar-refractivity contribution in [3.8, 4) is 34.4 Å². The highest BCUT2D eigenvalue weighted by atomic mass is 16.5. The lowest BCUT2D eigenvalue weighted by atomic mass is 10.0. The van der Waals surface area contributed by atoms with Crippen LogP contribution in [0.15, 0.2) is 60.9 Å². The summed E-state index contributed by atoms with van der Waals surface area (Å²) in [6.45, 7) is 9.80. The van der Waals surface area contributed by atoms with Crippen molar-refractivity contribution in [1.82, 2.24) is 45.7 Å². The van der Waals surface area contributed by atoms with Crippen LogP contribution in [-0.2, 0) is 19.1 Å². The van der Waals surface area contributed by atoms with Gasteiger partial charge in [-0.1, -0.05) is 63.8 Å². The highest BCUT2D eigenvalue weighted by molar-refractivity contribution is 5.87. The number of likely N-dealkylation sites (tertiary alicyclic amines) is 1. The Labute approximate surface area is 332 Å². The summed E-state index contributed by atoms with van der Waals surface area (Å²) < 4.78 is 9.50. The van der Waals surface area contributed by atoms with Gasteiger partial charge in [0.15, 0.2) is 0 Å². The molecule has 0 bridgehead atoms. The molecule has 2 aliphatic rings. The van der Waals surface area contributed by atoms with E-state index in [-0.39, 0.29) is 35.7 Å². The number of hydrogen-bond donors (Lipinski definition) is 5. The number of nitrogens with one attached hydrogen (secondary N) is 5. The van der Waals surface area contributed by atoms with Crippen LogP contribution in [0.5, 0.6) is 0 Å². The zero-order chi connectivity index (χ0) is 40.6. The first-order chi connectivity index (χ1) is 27.5. The van der Waals surface area contributed by atoms with Gasteiger partial charge >= 0.3 is 12.2 Å².